The Morgan fingerprint density at radius 1 is 1.39 bits per heavy atom. The molecular formula is C22H27ClFNO5S. The largest absolute Gasteiger partial charge is 0.492 e. The van der Waals surface area contributed by atoms with Crippen LogP contribution in [0.4, 0.5) is 4.39 Å². The second kappa shape index (κ2) is 9.63. The summed E-state index contributed by atoms with van der Waals surface area (Å²) in [5, 5.41) is 9.45. The Morgan fingerprint density at radius 2 is 2.10 bits per heavy atom. The van der Waals surface area contributed by atoms with E-state index in [2.05, 4.69) is 0 Å². The van der Waals surface area contributed by atoms with Gasteiger partial charge in [-0.2, -0.15) is 13.5 Å². The minimum Gasteiger partial charge on any atom is -0.492 e. The normalized spacial score (nSPS) is 20.5. The van der Waals surface area contributed by atoms with Crippen molar-refractivity contribution in [2.24, 2.45) is 5.41 Å². The molecule has 2 heterocycles. The van der Waals surface area contributed by atoms with E-state index in [0.29, 0.717) is 23.8 Å². The van der Waals surface area contributed by atoms with Crippen LogP contribution < -0.4 is 10.2 Å². The third kappa shape index (κ3) is 4.91. The standard InChI is InChI=1S/C22H25ClFNO5.H2S/c1-22(2,3)17-9-12-8-16(30-7-5-6-29-4)15(23)10-13(12)19-18(24)20(26)14(21(27)28)11-25(17)19;/h8,10-11,17H,5-7,9H2,1-4H3,(H,27,28);1H2/t17-;/m0./s1/i1D3,2D3,3D3;. The topological polar surface area (TPSA) is 77.8 Å². The second-order valence-corrected chi connectivity index (χ2v) is 7.32. The van der Waals surface area contributed by atoms with Gasteiger partial charge in [-0.3, -0.25) is 4.79 Å². The molecule has 9 heteroatoms. The number of methoxy groups -OCH3 is 1. The van der Waals surface area contributed by atoms with Crippen LogP contribution in [0.5, 0.6) is 5.75 Å². The van der Waals surface area contributed by atoms with Gasteiger partial charge in [0.2, 0.25) is 5.43 Å². The molecule has 1 aliphatic heterocycles. The van der Waals surface area contributed by atoms with Crippen LogP contribution in [0.25, 0.3) is 11.3 Å². The molecule has 2 aromatic rings. The van der Waals surface area contributed by atoms with Gasteiger partial charge in [0.25, 0.3) is 0 Å². The number of aromatic carboxylic acids is 1. The first-order valence-electron chi connectivity index (χ1n) is 13.4. The molecular weight excluding hydrogens is 445 g/mol. The average molecular weight is 481 g/mol. The van der Waals surface area contributed by atoms with Gasteiger partial charge in [-0.25, -0.2) is 9.18 Å². The Bertz CT molecular complexity index is 1310. The molecule has 1 aromatic heterocycles. The molecule has 170 valence electrons. The zero-order valence-corrected chi connectivity index (χ0v) is 18.2. The molecule has 1 aromatic carbocycles. The number of carboxylic acids is 1. The number of hydrogen-bond donors (Lipinski definition) is 1. The van der Waals surface area contributed by atoms with Gasteiger partial charge in [-0.15, -0.1) is 0 Å². The fraction of sp³-hybridized carbons (Fsp3) is 0.455. The zero-order chi connectivity index (χ0) is 29.7. The highest BCUT2D eigenvalue weighted by molar-refractivity contribution is 7.59. The van der Waals surface area contributed by atoms with Crippen LogP contribution in [0.3, 0.4) is 0 Å². The Labute approximate surface area is 205 Å². The fourth-order valence-electron chi connectivity index (χ4n) is 3.41. The van der Waals surface area contributed by atoms with Crippen molar-refractivity contribution in [3.8, 4) is 17.0 Å². The van der Waals surface area contributed by atoms with Crippen molar-refractivity contribution in [3.63, 3.8) is 0 Å². The van der Waals surface area contributed by atoms with Crippen molar-refractivity contribution in [2.45, 2.75) is 39.4 Å². The van der Waals surface area contributed by atoms with Gasteiger partial charge in [0.05, 0.1) is 17.3 Å². The minimum absolute atomic E-state index is 0. The predicted octanol–water partition coefficient (Wildman–Crippen LogP) is 4.68. The Balaban J connectivity index is 0.00000560. The van der Waals surface area contributed by atoms with E-state index >= 15 is 4.39 Å². The van der Waals surface area contributed by atoms with E-state index in [9.17, 15) is 14.7 Å². The number of hydrogen-bond acceptors (Lipinski definition) is 4. The summed E-state index contributed by atoms with van der Waals surface area (Å²) < 4.78 is 100.0. The molecule has 0 spiro atoms. The van der Waals surface area contributed by atoms with Gasteiger partial charge in [-0.1, -0.05) is 32.2 Å². The Hall–Kier alpha value is -2.03. The Morgan fingerprint density at radius 3 is 2.71 bits per heavy atom. The molecule has 31 heavy (non-hydrogen) atoms. The third-order valence-electron chi connectivity index (χ3n) is 4.82. The lowest BCUT2D eigenvalue weighted by Crippen LogP contribution is -2.34. The van der Waals surface area contributed by atoms with Gasteiger partial charge >= 0.3 is 5.97 Å². The molecule has 0 aliphatic carbocycles. The van der Waals surface area contributed by atoms with Crippen LogP contribution in [-0.2, 0) is 11.2 Å². The number of fused-ring (bicyclic) bond motifs is 3. The summed E-state index contributed by atoms with van der Waals surface area (Å²) in [5.41, 5.74) is -6.93. The molecule has 0 unspecified atom stereocenters. The highest BCUT2D eigenvalue weighted by Gasteiger charge is 2.36. The van der Waals surface area contributed by atoms with Gasteiger partial charge in [0, 0.05) is 50.3 Å². The van der Waals surface area contributed by atoms with E-state index in [1.54, 1.807) is 0 Å². The SMILES string of the molecule is S.[2H]C([2H])([2H])C([C@@H]1Cc2cc(OCCCOC)c(Cl)cc2-c2c(F)c(=O)c(C(=O)O)cn21)(C([2H])([2H])[2H])C([2H])([2H])[2H]. The molecule has 0 radical (unpaired) electrons. The molecule has 0 saturated heterocycles. The third-order valence-corrected chi connectivity index (χ3v) is 5.12. The molecule has 1 atom stereocenters. The molecule has 0 saturated carbocycles. The number of carbonyl (C=O) groups is 1. The summed E-state index contributed by atoms with van der Waals surface area (Å²) in [6.45, 7) is -10.6. The minimum atomic E-state index is -3.70. The number of halogens is 2. The maximum atomic E-state index is 15.6. The van der Waals surface area contributed by atoms with Crippen LogP contribution in [0.1, 0.15) is 61.3 Å². The lowest BCUT2D eigenvalue weighted by molar-refractivity contribution is 0.0692. The maximum Gasteiger partial charge on any atom is 0.341 e. The van der Waals surface area contributed by atoms with E-state index in [4.69, 9.17) is 33.4 Å². The summed E-state index contributed by atoms with van der Waals surface area (Å²) in [6, 6.07) is 0.414. The van der Waals surface area contributed by atoms with Crippen LogP contribution in [0.2, 0.25) is 5.02 Å². The highest BCUT2D eigenvalue weighted by Crippen LogP contribution is 2.45. The van der Waals surface area contributed by atoms with Crippen molar-refractivity contribution in [1.29, 1.82) is 0 Å². The molecule has 0 amide bonds. The molecule has 6 nitrogen and oxygen atoms in total. The lowest BCUT2D eigenvalue weighted by Gasteiger charge is -2.39. The lowest BCUT2D eigenvalue weighted by atomic mass is 9.78. The van der Waals surface area contributed by atoms with Gasteiger partial charge in [-0.05, 0) is 29.5 Å². The molecule has 1 N–H and O–H groups in total. The fourth-order valence-corrected chi connectivity index (χ4v) is 3.62. The van der Waals surface area contributed by atoms with Gasteiger partial charge < -0.3 is 19.1 Å². The van der Waals surface area contributed by atoms with E-state index in [0.717, 1.165) is 0 Å². The quantitative estimate of drug-likeness (QED) is 0.607. The van der Waals surface area contributed by atoms with E-state index in [1.807, 2.05) is 0 Å². The average Bonchev–Trinajstić information content (AvgIpc) is 2.76. The number of carboxylic acid groups (broad SMARTS) is 1. The maximum absolute atomic E-state index is 15.6. The van der Waals surface area contributed by atoms with Crippen molar-refractivity contribution < 1.29 is 36.1 Å². The first-order chi connectivity index (χ1) is 17.8. The van der Waals surface area contributed by atoms with Crippen LogP contribution >= 0.6 is 25.1 Å². The number of benzene rings is 1. The number of rotatable bonds is 6. The number of pyridine rings is 1. The van der Waals surface area contributed by atoms with Gasteiger partial charge in [0.15, 0.2) is 5.82 Å². The van der Waals surface area contributed by atoms with Crippen LogP contribution in [-0.4, -0.2) is 36.0 Å². The molecule has 3 rings (SSSR count). The zero-order valence-electron chi connectivity index (χ0n) is 25.4. The molecule has 1 aliphatic rings. The first-order valence-corrected chi connectivity index (χ1v) is 9.31. The van der Waals surface area contributed by atoms with Crippen molar-refractivity contribution in [2.75, 3.05) is 20.3 Å². The van der Waals surface area contributed by atoms with Crippen LogP contribution in [0, 0.1) is 11.2 Å². The predicted molar refractivity (Wildman–Crippen MR) is 123 cm³/mol. The van der Waals surface area contributed by atoms with Gasteiger partial charge in [0.1, 0.15) is 11.3 Å². The number of nitrogens with zero attached hydrogens (tertiary/aromatic N) is 1. The summed E-state index contributed by atoms with van der Waals surface area (Å²) in [4.78, 5) is 24.4. The van der Waals surface area contributed by atoms with Crippen LogP contribution in [0.15, 0.2) is 23.1 Å². The summed E-state index contributed by atoms with van der Waals surface area (Å²) in [6.07, 6.45) is 0.430. The van der Waals surface area contributed by atoms with Crippen molar-refractivity contribution in [1.82, 2.24) is 4.57 Å². The summed E-state index contributed by atoms with van der Waals surface area (Å²) in [7, 11) is 1.49. The van der Waals surface area contributed by atoms with Crippen molar-refractivity contribution >= 4 is 31.1 Å². The smallest absolute Gasteiger partial charge is 0.341 e. The summed E-state index contributed by atoms with van der Waals surface area (Å²) >= 11 is 6.33. The molecule has 0 bridgehead atoms. The second-order valence-electron chi connectivity index (χ2n) is 6.91. The van der Waals surface area contributed by atoms with Crippen molar-refractivity contribution in [3.05, 3.63) is 50.5 Å². The van der Waals surface area contributed by atoms with E-state index in [-0.39, 0.29) is 42.0 Å². The summed E-state index contributed by atoms with van der Waals surface area (Å²) in [5.74, 6) is -3.45. The Kier molecular flexibility index (Phi) is 4.63. The monoisotopic (exact) mass is 480 g/mol. The first kappa shape index (κ1) is 14.9. The van der Waals surface area contributed by atoms with E-state index in [1.165, 1.54) is 19.2 Å². The highest BCUT2D eigenvalue weighted by atomic mass is 35.5. The number of ether oxygens (including phenoxy) is 2. The number of aromatic nitrogens is 1. The van der Waals surface area contributed by atoms with E-state index < -0.39 is 66.9 Å². The molecule has 0 fully saturated rings.